The minimum absolute atomic E-state index is 0.0282. The van der Waals surface area contributed by atoms with Crippen LogP contribution >= 0.6 is 0 Å². The van der Waals surface area contributed by atoms with E-state index < -0.39 is 4.92 Å². The third kappa shape index (κ3) is 4.44. The summed E-state index contributed by atoms with van der Waals surface area (Å²) in [5, 5.41) is 14.5. The number of nitro groups is 1. The molecule has 0 radical (unpaired) electrons. The summed E-state index contributed by atoms with van der Waals surface area (Å²) in [6.45, 7) is 2.65. The number of piperidine rings is 1. The number of ether oxygens (including phenoxy) is 1. The first-order chi connectivity index (χ1) is 14.5. The average Bonchev–Trinajstić information content (AvgIpc) is 3.19. The number of furan rings is 1. The number of nitro benzene ring substituents is 1. The average molecular weight is 409 g/mol. The fraction of sp³-hybridized carbons (Fsp3) is 0.318. The second-order valence-corrected chi connectivity index (χ2v) is 7.46. The molecule has 156 valence electrons. The van der Waals surface area contributed by atoms with Crippen LogP contribution in [0.4, 0.5) is 5.69 Å². The summed E-state index contributed by atoms with van der Waals surface area (Å²) < 4.78 is 10.8. The standard InChI is InChI=1S/C22H23N3O5/c1-29-19-5-2-15(3-6-19)14-24-10-8-17(9-11-24)23-22(26)21-13-16-12-18(25(27)28)4-7-20(16)30-21/h2-7,12-13,17H,8-11,14H2,1H3,(H,23,26). The lowest BCUT2D eigenvalue weighted by Crippen LogP contribution is -2.44. The molecule has 4 rings (SSSR count). The van der Waals surface area contributed by atoms with Gasteiger partial charge in [-0.05, 0) is 42.7 Å². The number of nitrogens with one attached hydrogen (secondary N) is 1. The Kier molecular flexibility index (Phi) is 5.67. The van der Waals surface area contributed by atoms with Crippen molar-refractivity contribution < 1.29 is 18.9 Å². The van der Waals surface area contributed by atoms with Gasteiger partial charge in [0.25, 0.3) is 11.6 Å². The van der Waals surface area contributed by atoms with Gasteiger partial charge in [-0.25, -0.2) is 0 Å². The zero-order valence-corrected chi connectivity index (χ0v) is 16.7. The van der Waals surface area contributed by atoms with Crippen molar-refractivity contribution in [2.24, 2.45) is 0 Å². The highest BCUT2D eigenvalue weighted by Gasteiger charge is 2.23. The van der Waals surface area contributed by atoms with Crippen molar-refractivity contribution in [3.05, 3.63) is 70.0 Å². The maximum absolute atomic E-state index is 12.6. The molecule has 1 fully saturated rings. The highest BCUT2D eigenvalue weighted by atomic mass is 16.6. The molecule has 0 atom stereocenters. The molecule has 0 bridgehead atoms. The molecule has 0 unspecified atom stereocenters. The molecule has 1 saturated heterocycles. The van der Waals surface area contributed by atoms with Gasteiger partial charge in [0.15, 0.2) is 5.76 Å². The van der Waals surface area contributed by atoms with Crippen molar-refractivity contribution in [2.75, 3.05) is 20.2 Å². The first-order valence-corrected chi connectivity index (χ1v) is 9.86. The summed E-state index contributed by atoms with van der Waals surface area (Å²) in [6, 6.07) is 14.0. The number of fused-ring (bicyclic) bond motifs is 1. The van der Waals surface area contributed by atoms with Crippen LogP contribution in [0.3, 0.4) is 0 Å². The van der Waals surface area contributed by atoms with E-state index in [0.29, 0.717) is 11.0 Å². The Hall–Kier alpha value is -3.39. The van der Waals surface area contributed by atoms with E-state index in [0.717, 1.165) is 38.2 Å². The molecule has 3 aromatic rings. The number of hydrogen-bond donors (Lipinski definition) is 1. The van der Waals surface area contributed by atoms with Gasteiger partial charge >= 0.3 is 0 Å². The molecule has 1 amide bonds. The molecule has 2 heterocycles. The highest BCUT2D eigenvalue weighted by Crippen LogP contribution is 2.24. The zero-order valence-electron chi connectivity index (χ0n) is 16.7. The van der Waals surface area contributed by atoms with Crippen LogP contribution in [-0.2, 0) is 6.54 Å². The van der Waals surface area contributed by atoms with Crippen LogP contribution in [0.15, 0.2) is 52.9 Å². The second kappa shape index (κ2) is 8.54. The van der Waals surface area contributed by atoms with Gasteiger partial charge < -0.3 is 14.5 Å². The van der Waals surface area contributed by atoms with Crippen LogP contribution in [0.2, 0.25) is 0 Å². The SMILES string of the molecule is COc1ccc(CN2CCC(NC(=O)c3cc4cc([N+](=O)[O-])ccc4o3)CC2)cc1. The topological polar surface area (TPSA) is 97.8 Å². The van der Waals surface area contributed by atoms with E-state index in [4.69, 9.17) is 9.15 Å². The van der Waals surface area contributed by atoms with Crippen molar-refractivity contribution in [3.63, 3.8) is 0 Å². The summed E-state index contributed by atoms with van der Waals surface area (Å²) in [6.07, 6.45) is 1.71. The smallest absolute Gasteiger partial charge is 0.287 e. The number of nitrogens with zero attached hydrogens (tertiary/aromatic N) is 2. The van der Waals surface area contributed by atoms with E-state index >= 15 is 0 Å². The van der Waals surface area contributed by atoms with Crippen LogP contribution < -0.4 is 10.1 Å². The summed E-state index contributed by atoms with van der Waals surface area (Å²) in [5.74, 6) is 0.731. The first kappa shape index (κ1) is 19.9. The molecule has 1 N–H and O–H groups in total. The Labute approximate surface area is 173 Å². The minimum Gasteiger partial charge on any atom is -0.497 e. The molecular weight excluding hydrogens is 386 g/mol. The number of benzene rings is 2. The van der Waals surface area contributed by atoms with E-state index in [1.165, 1.54) is 23.8 Å². The molecule has 1 aliphatic heterocycles. The molecule has 2 aromatic carbocycles. The van der Waals surface area contributed by atoms with Crippen LogP contribution in [0.25, 0.3) is 11.0 Å². The molecule has 1 aromatic heterocycles. The maximum atomic E-state index is 12.6. The summed E-state index contributed by atoms with van der Waals surface area (Å²) >= 11 is 0. The third-order valence-electron chi connectivity index (χ3n) is 5.42. The Bertz CT molecular complexity index is 1050. The summed E-state index contributed by atoms with van der Waals surface area (Å²) in [5.41, 5.74) is 1.66. The first-order valence-electron chi connectivity index (χ1n) is 9.86. The van der Waals surface area contributed by atoms with Crippen molar-refractivity contribution in [2.45, 2.75) is 25.4 Å². The van der Waals surface area contributed by atoms with Gasteiger partial charge in [-0.15, -0.1) is 0 Å². The van der Waals surface area contributed by atoms with E-state index in [2.05, 4.69) is 22.3 Å². The van der Waals surface area contributed by atoms with Crippen molar-refractivity contribution in [1.29, 1.82) is 0 Å². The van der Waals surface area contributed by atoms with E-state index in [1.54, 1.807) is 13.2 Å². The van der Waals surface area contributed by atoms with Crippen LogP contribution in [0.5, 0.6) is 5.75 Å². The maximum Gasteiger partial charge on any atom is 0.287 e. The number of likely N-dealkylation sites (tertiary alicyclic amines) is 1. The van der Waals surface area contributed by atoms with Gasteiger partial charge in [-0.3, -0.25) is 19.8 Å². The highest BCUT2D eigenvalue weighted by molar-refractivity contribution is 5.96. The predicted molar refractivity (Wildman–Crippen MR) is 112 cm³/mol. The molecule has 8 heteroatoms. The van der Waals surface area contributed by atoms with Gasteiger partial charge in [0.05, 0.1) is 12.0 Å². The number of amides is 1. The molecule has 8 nitrogen and oxygen atoms in total. The monoisotopic (exact) mass is 409 g/mol. The Balaban J connectivity index is 1.31. The molecule has 30 heavy (non-hydrogen) atoms. The van der Waals surface area contributed by atoms with E-state index in [-0.39, 0.29) is 23.4 Å². The number of methoxy groups -OCH3 is 1. The van der Waals surface area contributed by atoms with Crippen molar-refractivity contribution in [1.82, 2.24) is 10.2 Å². The van der Waals surface area contributed by atoms with Crippen molar-refractivity contribution >= 4 is 22.6 Å². The largest absolute Gasteiger partial charge is 0.497 e. The quantitative estimate of drug-likeness (QED) is 0.492. The lowest BCUT2D eigenvalue weighted by molar-refractivity contribution is -0.384. The minimum atomic E-state index is -0.466. The molecule has 1 aliphatic rings. The fourth-order valence-corrected chi connectivity index (χ4v) is 3.74. The normalized spacial score (nSPS) is 15.2. The summed E-state index contributed by atoms with van der Waals surface area (Å²) in [7, 11) is 1.66. The van der Waals surface area contributed by atoms with Gasteiger partial charge in [0.2, 0.25) is 0 Å². The molecule has 0 spiro atoms. The Morgan fingerprint density at radius 1 is 1.20 bits per heavy atom. The van der Waals surface area contributed by atoms with Gasteiger partial charge in [-0.2, -0.15) is 0 Å². The number of carbonyl (C=O) groups excluding carboxylic acids is 1. The Morgan fingerprint density at radius 2 is 1.93 bits per heavy atom. The second-order valence-electron chi connectivity index (χ2n) is 7.46. The lowest BCUT2D eigenvalue weighted by Gasteiger charge is -2.32. The number of carbonyl (C=O) groups is 1. The van der Waals surface area contributed by atoms with Crippen molar-refractivity contribution in [3.8, 4) is 5.75 Å². The molecule has 0 aliphatic carbocycles. The van der Waals surface area contributed by atoms with Crippen LogP contribution in [-0.4, -0.2) is 42.0 Å². The van der Waals surface area contributed by atoms with E-state index in [1.807, 2.05) is 12.1 Å². The number of hydrogen-bond acceptors (Lipinski definition) is 6. The fourth-order valence-electron chi connectivity index (χ4n) is 3.74. The van der Waals surface area contributed by atoms with Crippen LogP contribution in [0.1, 0.15) is 29.0 Å². The lowest BCUT2D eigenvalue weighted by atomic mass is 10.0. The van der Waals surface area contributed by atoms with Crippen LogP contribution in [0, 0.1) is 10.1 Å². The predicted octanol–water partition coefficient (Wildman–Crippen LogP) is 3.74. The molecule has 0 saturated carbocycles. The molecular formula is C22H23N3O5. The Morgan fingerprint density at radius 3 is 2.60 bits per heavy atom. The van der Waals surface area contributed by atoms with Gasteiger partial charge in [-0.1, -0.05) is 12.1 Å². The summed E-state index contributed by atoms with van der Waals surface area (Å²) in [4.78, 5) is 25.4. The number of rotatable bonds is 6. The zero-order chi connectivity index (χ0) is 21.1. The van der Waals surface area contributed by atoms with Gasteiger partial charge in [0.1, 0.15) is 11.3 Å². The van der Waals surface area contributed by atoms with Gasteiger partial charge in [0, 0.05) is 43.2 Å². The number of non-ortho nitro benzene ring substituents is 1. The third-order valence-corrected chi connectivity index (χ3v) is 5.42. The van der Waals surface area contributed by atoms with E-state index in [9.17, 15) is 14.9 Å².